The van der Waals surface area contributed by atoms with Gasteiger partial charge in [-0.15, -0.1) is 5.10 Å². The number of amides is 1. The summed E-state index contributed by atoms with van der Waals surface area (Å²) in [6.45, 7) is 0.221. The van der Waals surface area contributed by atoms with Crippen LogP contribution in [0.1, 0.15) is 5.56 Å². The van der Waals surface area contributed by atoms with Gasteiger partial charge in [-0.1, -0.05) is 23.9 Å². The summed E-state index contributed by atoms with van der Waals surface area (Å²) >= 11 is 1.44. The topological polar surface area (TPSA) is 91.2 Å². The number of rotatable bonds is 5. The molecule has 4 rings (SSSR count). The number of carbonyl (C=O) groups excluding carboxylic acids is 1. The minimum atomic E-state index is -0.244. The number of carbonyl (C=O) groups is 1. The third kappa shape index (κ3) is 3.77. The Kier molecular flexibility index (Phi) is 4.75. The number of nitrogens with zero attached hydrogens (tertiary/aromatic N) is 4. The highest BCUT2D eigenvalue weighted by Crippen LogP contribution is 2.32. The van der Waals surface area contributed by atoms with Gasteiger partial charge in [-0.05, 0) is 58.7 Å². The van der Waals surface area contributed by atoms with Crippen molar-refractivity contribution >= 4 is 29.4 Å². The van der Waals surface area contributed by atoms with E-state index in [4.69, 9.17) is 9.47 Å². The molecule has 1 aliphatic rings. The fourth-order valence-corrected chi connectivity index (χ4v) is 2.99. The van der Waals surface area contributed by atoms with E-state index in [1.54, 1.807) is 16.8 Å². The Hall–Kier alpha value is -3.33. The Bertz CT molecular complexity index is 1020. The molecule has 27 heavy (non-hydrogen) atoms. The second-order valence-corrected chi connectivity index (χ2v) is 6.34. The van der Waals surface area contributed by atoms with Crippen molar-refractivity contribution in [2.24, 2.45) is 0 Å². The molecule has 0 saturated carbocycles. The van der Waals surface area contributed by atoms with Crippen LogP contribution >= 0.6 is 11.8 Å². The van der Waals surface area contributed by atoms with Gasteiger partial charge in [0.05, 0.1) is 5.69 Å². The lowest BCUT2D eigenvalue weighted by Crippen LogP contribution is -2.08. The average molecular weight is 381 g/mol. The third-order valence-corrected chi connectivity index (χ3v) is 4.43. The Morgan fingerprint density at radius 3 is 3.00 bits per heavy atom. The highest BCUT2D eigenvalue weighted by molar-refractivity contribution is 7.98. The molecule has 0 bridgehead atoms. The summed E-state index contributed by atoms with van der Waals surface area (Å²) in [6.07, 6.45) is 5.08. The van der Waals surface area contributed by atoms with Crippen molar-refractivity contribution in [1.82, 2.24) is 20.2 Å². The second kappa shape index (κ2) is 7.50. The van der Waals surface area contributed by atoms with Gasteiger partial charge < -0.3 is 14.8 Å². The maximum atomic E-state index is 12.2. The quantitative estimate of drug-likeness (QED) is 0.537. The minimum Gasteiger partial charge on any atom is -0.454 e. The first-order chi connectivity index (χ1) is 13.2. The zero-order valence-electron chi connectivity index (χ0n) is 14.3. The number of anilines is 1. The molecule has 1 amide bonds. The predicted molar refractivity (Wildman–Crippen MR) is 101 cm³/mol. The van der Waals surface area contributed by atoms with Crippen LogP contribution in [0.4, 0.5) is 5.69 Å². The summed E-state index contributed by atoms with van der Waals surface area (Å²) in [5, 5.41) is 15.1. The van der Waals surface area contributed by atoms with Crippen molar-refractivity contribution < 1.29 is 14.3 Å². The fourth-order valence-electron chi connectivity index (χ4n) is 2.56. The molecule has 0 unspecified atom stereocenters. The smallest absolute Gasteiger partial charge is 0.248 e. The second-order valence-electron chi connectivity index (χ2n) is 5.56. The normalized spacial score (nSPS) is 12.5. The van der Waals surface area contributed by atoms with Crippen molar-refractivity contribution in [3.8, 4) is 17.2 Å². The lowest BCUT2D eigenvalue weighted by Gasteiger charge is -2.06. The van der Waals surface area contributed by atoms with E-state index in [0.29, 0.717) is 22.3 Å². The molecule has 0 spiro atoms. The van der Waals surface area contributed by atoms with Crippen LogP contribution in [-0.4, -0.2) is 39.2 Å². The van der Waals surface area contributed by atoms with Crippen LogP contribution in [0, 0.1) is 0 Å². The van der Waals surface area contributed by atoms with Crippen LogP contribution in [0.3, 0.4) is 0 Å². The molecule has 9 heteroatoms. The summed E-state index contributed by atoms with van der Waals surface area (Å²) < 4.78 is 12.2. The molecule has 136 valence electrons. The van der Waals surface area contributed by atoms with Gasteiger partial charge in [0.1, 0.15) is 0 Å². The molecule has 0 fully saturated rings. The Morgan fingerprint density at radius 2 is 2.11 bits per heavy atom. The van der Waals surface area contributed by atoms with Crippen LogP contribution in [0.25, 0.3) is 11.8 Å². The van der Waals surface area contributed by atoms with E-state index in [1.165, 1.54) is 17.8 Å². The van der Waals surface area contributed by atoms with Crippen molar-refractivity contribution in [2.75, 3.05) is 18.4 Å². The Labute approximate surface area is 159 Å². The first-order valence-corrected chi connectivity index (χ1v) is 9.27. The van der Waals surface area contributed by atoms with Crippen LogP contribution in [0.5, 0.6) is 11.5 Å². The van der Waals surface area contributed by atoms with Crippen LogP contribution in [-0.2, 0) is 4.79 Å². The standard InChI is InChI=1S/C18H15N5O3S/c1-27-18-20-21-22-23(18)14-4-2-3-13(10-14)19-17(24)8-6-12-5-7-15-16(9-12)26-11-25-15/h2-10H,11H2,1H3,(H,19,24)/b8-6+. The summed E-state index contributed by atoms with van der Waals surface area (Å²) in [5.74, 6) is 1.14. The molecule has 1 N–H and O–H groups in total. The van der Waals surface area contributed by atoms with E-state index in [1.807, 2.05) is 42.7 Å². The number of aromatic nitrogens is 4. The molecule has 1 aliphatic heterocycles. The van der Waals surface area contributed by atoms with Crippen molar-refractivity contribution in [3.05, 3.63) is 54.1 Å². The molecular weight excluding hydrogens is 366 g/mol. The molecular formula is C18H15N5O3S. The van der Waals surface area contributed by atoms with Crippen LogP contribution < -0.4 is 14.8 Å². The molecule has 0 saturated heterocycles. The van der Waals surface area contributed by atoms with E-state index in [0.717, 1.165) is 11.3 Å². The monoisotopic (exact) mass is 381 g/mol. The molecule has 2 heterocycles. The van der Waals surface area contributed by atoms with Crippen LogP contribution in [0.15, 0.2) is 53.7 Å². The first kappa shape index (κ1) is 17.1. The van der Waals surface area contributed by atoms with E-state index >= 15 is 0 Å². The van der Waals surface area contributed by atoms with Crippen molar-refractivity contribution in [3.63, 3.8) is 0 Å². The summed E-state index contributed by atoms with van der Waals surface area (Å²) in [5.41, 5.74) is 2.26. The number of thioether (sulfide) groups is 1. The van der Waals surface area contributed by atoms with Gasteiger partial charge in [0, 0.05) is 11.8 Å². The maximum Gasteiger partial charge on any atom is 0.248 e. The molecule has 0 atom stereocenters. The predicted octanol–water partition coefficient (Wildman–Crippen LogP) is 2.76. The van der Waals surface area contributed by atoms with E-state index in [-0.39, 0.29) is 12.7 Å². The third-order valence-electron chi connectivity index (χ3n) is 3.81. The summed E-state index contributed by atoms with van der Waals surface area (Å²) in [4.78, 5) is 12.2. The number of benzene rings is 2. The Balaban J connectivity index is 1.46. The van der Waals surface area contributed by atoms with Gasteiger partial charge in [0.25, 0.3) is 0 Å². The van der Waals surface area contributed by atoms with Gasteiger partial charge in [-0.3, -0.25) is 4.79 Å². The van der Waals surface area contributed by atoms with E-state index in [2.05, 4.69) is 20.8 Å². The fraction of sp³-hybridized carbons (Fsp3) is 0.111. The van der Waals surface area contributed by atoms with Crippen molar-refractivity contribution in [2.45, 2.75) is 5.16 Å². The number of ether oxygens (including phenoxy) is 2. The lowest BCUT2D eigenvalue weighted by atomic mass is 10.2. The molecule has 3 aromatic rings. The maximum absolute atomic E-state index is 12.2. The summed E-state index contributed by atoms with van der Waals surface area (Å²) in [6, 6.07) is 12.8. The number of tetrazole rings is 1. The number of fused-ring (bicyclic) bond motifs is 1. The molecule has 0 radical (unpaired) electrons. The minimum absolute atomic E-state index is 0.221. The molecule has 8 nitrogen and oxygen atoms in total. The highest BCUT2D eigenvalue weighted by Gasteiger charge is 2.12. The van der Waals surface area contributed by atoms with Gasteiger partial charge in [-0.2, -0.15) is 4.68 Å². The zero-order chi connectivity index (χ0) is 18.6. The number of hydrogen-bond acceptors (Lipinski definition) is 7. The summed E-state index contributed by atoms with van der Waals surface area (Å²) in [7, 11) is 0. The van der Waals surface area contributed by atoms with Gasteiger partial charge in [0.15, 0.2) is 11.5 Å². The first-order valence-electron chi connectivity index (χ1n) is 8.04. The molecule has 1 aromatic heterocycles. The van der Waals surface area contributed by atoms with Gasteiger partial charge >= 0.3 is 0 Å². The van der Waals surface area contributed by atoms with E-state index in [9.17, 15) is 4.79 Å². The highest BCUT2D eigenvalue weighted by atomic mass is 32.2. The molecule has 2 aromatic carbocycles. The SMILES string of the molecule is CSc1nnnn1-c1cccc(NC(=O)/C=C/c2ccc3c(c2)OCO3)c1. The Morgan fingerprint density at radius 1 is 1.22 bits per heavy atom. The molecule has 0 aliphatic carbocycles. The largest absolute Gasteiger partial charge is 0.454 e. The average Bonchev–Trinajstić information content (AvgIpc) is 3.35. The van der Waals surface area contributed by atoms with Gasteiger partial charge in [0.2, 0.25) is 17.9 Å². The van der Waals surface area contributed by atoms with E-state index < -0.39 is 0 Å². The van der Waals surface area contributed by atoms with Crippen LogP contribution in [0.2, 0.25) is 0 Å². The number of hydrogen-bond donors (Lipinski definition) is 1. The lowest BCUT2D eigenvalue weighted by molar-refractivity contribution is -0.111. The van der Waals surface area contributed by atoms with Gasteiger partial charge in [-0.25, -0.2) is 0 Å². The van der Waals surface area contributed by atoms with Crippen molar-refractivity contribution in [1.29, 1.82) is 0 Å². The zero-order valence-corrected chi connectivity index (χ0v) is 15.1. The number of nitrogens with one attached hydrogen (secondary N) is 1.